The molecule has 0 atom stereocenters. The van der Waals surface area contributed by atoms with Crippen LogP contribution in [0.4, 0.5) is 5.82 Å². The molecular formula is C18H14N4O2. The van der Waals surface area contributed by atoms with Crippen LogP contribution in [0.3, 0.4) is 0 Å². The summed E-state index contributed by atoms with van der Waals surface area (Å²) in [4.78, 5) is 19.7. The molecule has 0 unspecified atom stereocenters. The minimum Gasteiger partial charge on any atom is -0.450 e. The second-order valence-electron chi connectivity index (χ2n) is 5.41. The molecule has 0 fully saturated rings. The summed E-state index contributed by atoms with van der Waals surface area (Å²) >= 11 is 0. The van der Waals surface area contributed by atoms with E-state index in [0.717, 1.165) is 22.0 Å². The molecule has 0 saturated carbocycles. The molecule has 4 rings (SSSR count). The highest BCUT2D eigenvalue weighted by atomic mass is 16.3. The number of primary amides is 1. The first-order valence-corrected chi connectivity index (χ1v) is 7.47. The average Bonchev–Trinajstić information content (AvgIpc) is 2.99. The largest absolute Gasteiger partial charge is 0.450 e. The van der Waals surface area contributed by atoms with Gasteiger partial charge in [-0.2, -0.15) is 0 Å². The lowest BCUT2D eigenvalue weighted by atomic mass is 10.1. The number of hydrogen-bond donors (Lipinski definition) is 2. The molecule has 1 amide bonds. The molecule has 2 heterocycles. The number of furan rings is 1. The van der Waals surface area contributed by atoms with Crippen molar-refractivity contribution in [1.82, 2.24) is 9.97 Å². The Labute approximate surface area is 137 Å². The predicted octanol–water partition coefficient (Wildman–Crippen LogP) is 3.09. The monoisotopic (exact) mass is 318 g/mol. The number of benzene rings is 2. The van der Waals surface area contributed by atoms with Crippen LogP contribution >= 0.6 is 0 Å². The van der Waals surface area contributed by atoms with Crippen LogP contribution in [0.15, 0.2) is 59.3 Å². The second kappa shape index (κ2) is 5.66. The van der Waals surface area contributed by atoms with Crippen molar-refractivity contribution in [3.8, 4) is 0 Å². The molecule has 4 aromatic rings. The van der Waals surface area contributed by atoms with E-state index in [1.54, 1.807) is 12.1 Å². The minimum atomic E-state index is -0.436. The molecule has 0 aliphatic heterocycles. The van der Waals surface area contributed by atoms with E-state index in [-0.39, 0.29) is 0 Å². The summed E-state index contributed by atoms with van der Waals surface area (Å²) in [5.41, 5.74) is 8.93. The number of rotatable bonds is 4. The van der Waals surface area contributed by atoms with Crippen molar-refractivity contribution >= 4 is 33.8 Å². The number of aromatic nitrogens is 2. The van der Waals surface area contributed by atoms with Crippen molar-refractivity contribution in [1.29, 1.82) is 0 Å². The van der Waals surface area contributed by atoms with Gasteiger partial charge in [-0.1, -0.05) is 24.3 Å². The van der Waals surface area contributed by atoms with Crippen LogP contribution in [0.1, 0.15) is 15.9 Å². The molecule has 0 aliphatic rings. The van der Waals surface area contributed by atoms with E-state index in [0.29, 0.717) is 23.5 Å². The molecular weight excluding hydrogens is 304 g/mol. The van der Waals surface area contributed by atoms with Gasteiger partial charge in [-0.25, -0.2) is 9.97 Å². The first-order valence-electron chi connectivity index (χ1n) is 7.47. The lowest BCUT2D eigenvalue weighted by molar-refractivity contribution is 0.100. The fourth-order valence-corrected chi connectivity index (χ4v) is 2.62. The van der Waals surface area contributed by atoms with Crippen molar-refractivity contribution in [3.63, 3.8) is 0 Å². The van der Waals surface area contributed by atoms with Crippen molar-refractivity contribution in [2.75, 3.05) is 5.32 Å². The molecule has 2 aromatic heterocycles. The molecule has 0 spiro atoms. The van der Waals surface area contributed by atoms with Crippen LogP contribution in [-0.4, -0.2) is 15.9 Å². The van der Waals surface area contributed by atoms with E-state index < -0.39 is 5.91 Å². The molecule has 2 aromatic carbocycles. The molecule has 0 aliphatic carbocycles. The van der Waals surface area contributed by atoms with Crippen molar-refractivity contribution in [2.24, 2.45) is 5.73 Å². The summed E-state index contributed by atoms with van der Waals surface area (Å²) in [6.45, 7) is 0.544. The first-order chi connectivity index (χ1) is 11.7. The zero-order valence-corrected chi connectivity index (χ0v) is 12.7. The molecule has 24 heavy (non-hydrogen) atoms. The van der Waals surface area contributed by atoms with Crippen LogP contribution in [0.5, 0.6) is 0 Å². The van der Waals surface area contributed by atoms with Gasteiger partial charge in [0.15, 0.2) is 11.4 Å². The third-order valence-electron chi connectivity index (χ3n) is 3.86. The van der Waals surface area contributed by atoms with Crippen molar-refractivity contribution in [3.05, 3.63) is 66.0 Å². The molecule has 0 saturated heterocycles. The summed E-state index contributed by atoms with van der Waals surface area (Å²) in [6, 6.07) is 14.9. The zero-order valence-electron chi connectivity index (χ0n) is 12.7. The molecule has 6 nitrogen and oxygen atoms in total. The number of hydrogen-bond acceptors (Lipinski definition) is 5. The fourth-order valence-electron chi connectivity index (χ4n) is 2.62. The summed E-state index contributed by atoms with van der Waals surface area (Å²) in [7, 11) is 0. The van der Waals surface area contributed by atoms with Gasteiger partial charge in [0.05, 0.1) is 0 Å². The lowest BCUT2D eigenvalue weighted by Gasteiger charge is -2.06. The van der Waals surface area contributed by atoms with E-state index in [1.807, 2.05) is 36.4 Å². The van der Waals surface area contributed by atoms with Crippen LogP contribution in [0.2, 0.25) is 0 Å². The van der Waals surface area contributed by atoms with Crippen LogP contribution in [-0.2, 0) is 6.54 Å². The summed E-state index contributed by atoms with van der Waals surface area (Å²) in [5.74, 6) is 0.199. The smallest absolute Gasteiger partial charge is 0.248 e. The molecule has 3 N–H and O–H groups in total. The van der Waals surface area contributed by atoms with E-state index in [9.17, 15) is 4.79 Å². The number of carbonyl (C=O) groups excluding carboxylic acids is 1. The number of para-hydroxylation sites is 1. The second-order valence-corrected chi connectivity index (χ2v) is 5.41. The van der Waals surface area contributed by atoms with E-state index in [4.69, 9.17) is 10.2 Å². The van der Waals surface area contributed by atoms with Gasteiger partial charge < -0.3 is 15.5 Å². The maximum Gasteiger partial charge on any atom is 0.248 e. The van der Waals surface area contributed by atoms with Crippen molar-refractivity contribution in [2.45, 2.75) is 6.54 Å². The zero-order chi connectivity index (χ0) is 16.5. The van der Waals surface area contributed by atoms with E-state index in [2.05, 4.69) is 15.3 Å². The first kappa shape index (κ1) is 14.2. The molecule has 118 valence electrons. The average molecular weight is 318 g/mol. The Morgan fingerprint density at radius 1 is 1.08 bits per heavy atom. The number of amides is 1. The topological polar surface area (TPSA) is 94.0 Å². The van der Waals surface area contributed by atoms with E-state index >= 15 is 0 Å². The van der Waals surface area contributed by atoms with Crippen LogP contribution in [0.25, 0.3) is 22.1 Å². The van der Waals surface area contributed by atoms with Crippen LogP contribution in [0, 0.1) is 0 Å². The lowest BCUT2D eigenvalue weighted by Crippen LogP contribution is -2.10. The number of fused-ring (bicyclic) bond motifs is 3. The van der Waals surface area contributed by atoms with Gasteiger partial charge in [0.1, 0.15) is 17.4 Å². The quantitative estimate of drug-likeness (QED) is 0.603. The number of nitrogens with one attached hydrogen (secondary N) is 1. The van der Waals surface area contributed by atoms with Gasteiger partial charge in [0, 0.05) is 17.5 Å². The third-order valence-corrected chi connectivity index (χ3v) is 3.86. The SMILES string of the molecule is NC(=O)c1ccc(CNc2ncnc3c2oc2ccccc23)cc1. The standard InChI is InChI=1S/C18H14N4O2/c19-17(23)12-7-5-11(6-8-12)9-20-18-16-15(21-10-22-18)13-3-1-2-4-14(13)24-16/h1-8,10H,9H2,(H2,19,23)(H,20,21,22). The Morgan fingerprint density at radius 2 is 1.88 bits per heavy atom. The van der Waals surface area contributed by atoms with Gasteiger partial charge >= 0.3 is 0 Å². The van der Waals surface area contributed by atoms with Gasteiger partial charge in [0.25, 0.3) is 0 Å². The van der Waals surface area contributed by atoms with Crippen molar-refractivity contribution < 1.29 is 9.21 Å². The fraction of sp³-hybridized carbons (Fsp3) is 0.0556. The van der Waals surface area contributed by atoms with Gasteiger partial charge in [-0.15, -0.1) is 0 Å². The summed E-state index contributed by atoms with van der Waals surface area (Å²) in [5, 5.41) is 4.21. The molecule has 0 radical (unpaired) electrons. The maximum atomic E-state index is 11.1. The predicted molar refractivity (Wildman–Crippen MR) is 91.6 cm³/mol. The van der Waals surface area contributed by atoms with Gasteiger partial charge in [-0.05, 0) is 29.8 Å². The Balaban J connectivity index is 1.63. The normalized spacial score (nSPS) is 11.0. The number of carbonyl (C=O) groups is 1. The highest BCUT2D eigenvalue weighted by Gasteiger charge is 2.12. The summed E-state index contributed by atoms with van der Waals surface area (Å²) < 4.78 is 5.87. The van der Waals surface area contributed by atoms with Gasteiger partial charge in [-0.3, -0.25) is 4.79 Å². The molecule has 0 bridgehead atoms. The molecule has 6 heteroatoms. The number of anilines is 1. The number of nitrogens with two attached hydrogens (primary N) is 1. The van der Waals surface area contributed by atoms with Gasteiger partial charge in [0.2, 0.25) is 5.91 Å². The Kier molecular flexibility index (Phi) is 3.35. The minimum absolute atomic E-state index is 0.436. The highest BCUT2D eigenvalue weighted by Crippen LogP contribution is 2.30. The van der Waals surface area contributed by atoms with E-state index in [1.165, 1.54) is 6.33 Å². The maximum absolute atomic E-state index is 11.1. The third kappa shape index (κ3) is 2.44. The summed E-state index contributed by atoms with van der Waals surface area (Å²) in [6.07, 6.45) is 1.52. The highest BCUT2D eigenvalue weighted by molar-refractivity contribution is 6.05. The number of nitrogens with zero attached hydrogens (tertiary/aromatic N) is 2. The Morgan fingerprint density at radius 3 is 2.67 bits per heavy atom. The Bertz CT molecular complexity index is 1040. The van der Waals surface area contributed by atoms with Crippen LogP contribution < -0.4 is 11.1 Å². The Hall–Kier alpha value is -3.41.